The molecule has 0 aliphatic carbocycles. The van der Waals surface area contributed by atoms with E-state index >= 15 is 0 Å². The van der Waals surface area contributed by atoms with Crippen molar-refractivity contribution in [2.45, 2.75) is 38.2 Å². The third-order valence-corrected chi connectivity index (χ3v) is 5.81. The molecule has 4 N–H and O–H groups in total. The third-order valence-electron chi connectivity index (χ3n) is 5.41. The molecule has 1 atom stereocenters. The van der Waals surface area contributed by atoms with Crippen LogP contribution < -0.4 is 5.48 Å². The molecule has 2 heterocycles. The lowest BCUT2D eigenvalue weighted by Gasteiger charge is -2.26. The van der Waals surface area contributed by atoms with Crippen LogP contribution in [0, 0.1) is 0 Å². The normalized spacial score (nSPS) is 21.1. The van der Waals surface area contributed by atoms with Gasteiger partial charge in [-0.2, -0.15) is 0 Å². The minimum Gasteiger partial charge on any atom is -0.507 e. The summed E-state index contributed by atoms with van der Waals surface area (Å²) in [5, 5.41) is 30.3. The Labute approximate surface area is 202 Å². The second kappa shape index (κ2) is 12.5. The van der Waals surface area contributed by atoms with Crippen molar-refractivity contribution >= 4 is 29.6 Å². The predicted molar refractivity (Wildman–Crippen MR) is 126 cm³/mol. The number of nitrogens with one attached hydrogen (secondary N) is 1. The fourth-order valence-corrected chi connectivity index (χ4v) is 3.85. The molecule has 9 nitrogen and oxygen atoms in total. The quantitative estimate of drug-likeness (QED) is 0.287. The van der Waals surface area contributed by atoms with Gasteiger partial charge in [-0.1, -0.05) is 29.8 Å². The number of aliphatic hydroxyl groups is 1. The zero-order valence-electron chi connectivity index (χ0n) is 18.7. The molecular formula is C24H29ClN2O7. The number of fused-ring (bicyclic) bond motifs is 1. The number of amides is 1. The minimum absolute atomic E-state index is 0.00965. The number of phenolic OH excluding ortho intramolecular Hbond substituents is 2. The number of hydrogen-bond donors (Lipinski definition) is 4. The summed E-state index contributed by atoms with van der Waals surface area (Å²) < 4.78 is 5.22. The maximum absolute atomic E-state index is 12.7. The maximum Gasteiger partial charge on any atom is 0.342 e. The van der Waals surface area contributed by atoms with Crippen molar-refractivity contribution in [3.05, 3.63) is 52.2 Å². The van der Waals surface area contributed by atoms with Crippen LogP contribution >= 0.6 is 11.6 Å². The summed E-state index contributed by atoms with van der Waals surface area (Å²) in [4.78, 5) is 32.2. The predicted octanol–water partition coefficient (Wildman–Crippen LogP) is 3.05. The van der Waals surface area contributed by atoms with Crippen molar-refractivity contribution < 1.29 is 34.5 Å². The number of halogens is 1. The Kier molecular flexibility index (Phi) is 9.38. The lowest BCUT2D eigenvalue weighted by molar-refractivity contribution is -0.139. The number of aromatic hydroxyl groups is 2. The lowest BCUT2D eigenvalue weighted by Crippen LogP contribution is -2.39. The van der Waals surface area contributed by atoms with Gasteiger partial charge in [0.15, 0.2) is 6.61 Å². The van der Waals surface area contributed by atoms with Crippen LogP contribution in [0.5, 0.6) is 11.5 Å². The molecule has 0 spiro atoms. The number of rotatable bonds is 4. The topological polar surface area (TPSA) is 129 Å². The van der Waals surface area contributed by atoms with Crippen LogP contribution in [-0.2, 0) is 14.4 Å². The van der Waals surface area contributed by atoms with E-state index in [1.165, 1.54) is 6.08 Å². The zero-order chi connectivity index (χ0) is 24.5. The fourth-order valence-electron chi connectivity index (χ4n) is 3.64. The summed E-state index contributed by atoms with van der Waals surface area (Å²) in [7, 11) is 0. The first-order valence-electron chi connectivity index (χ1n) is 11.2. The first-order valence-corrected chi connectivity index (χ1v) is 11.5. The van der Waals surface area contributed by atoms with E-state index in [2.05, 4.69) is 5.48 Å². The van der Waals surface area contributed by atoms with Crippen LogP contribution in [-0.4, -0.2) is 64.5 Å². The van der Waals surface area contributed by atoms with E-state index < -0.39 is 23.6 Å². The van der Waals surface area contributed by atoms with E-state index in [9.17, 15) is 24.9 Å². The molecule has 0 aromatic heterocycles. The second-order valence-corrected chi connectivity index (χ2v) is 8.39. The van der Waals surface area contributed by atoms with Gasteiger partial charge in [0, 0.05) is 24.7 Å². The summed E-state index contributed by atoms with van der Waals surface area (Å²) in [6.07, 6.45) is 10.8. The molecule has 1 aromatic rings. The van der Waals surface area contributed by atoms with Crippen LogP contribution in [0.15, 0.2) is 36.1 Å². The van der Waals surface area contributed by atoms with Gasteiger partial charge in [0.05, 0.1) is 23.4 Å². The SMILES string of the molecule is O=C1OCCC=CC(O)CC=C/C(NOCC(=O)N2CCCCC2)=C/c2c(Cl)c(O)cc(O)c21. The minimum atomic E-state index is -0.832. The molecule has 1 unspecified atom stereocenters. The highest BCUT2D eigenvalue weighted by Crippen LogP contribution is 2.38. The molecule has 0 radical (unpaired) electrons. The monoisotopic (exact) mass is 492 g/mol. The van der Waals surface area contributed by atoms with Gasteiger partial charge in [0.1, 0.15) is 17.1 Å². The number of likely N-dealkylation sites (tertiary alicyclic amines) is 1. The number of ether oxygens (including phenoxy) is 1. The summed E-state index contributed by atoms with van der Waals surface area (Å²) in [5.41, 5.74) is 2.71. The summed E-state index contributed by atoms with van der Waals surface area (Å²) >= 11 is 6.26. The van der Waals surface area contributed by atoms with E-state index in [1.54, 1.807) is 29.2 Å². The Morgan fingerprint density at radius 1 is 1.21 bits per heavy atom. The zero-order valence-corrected chi connectivity index (χ0v) is 19.5. The van der Waals surface area contributed by atoms with Gasteiger partial charge in [-0.3, -0.25) is 15.1 Å². The number of cyclic esters (lactones) is 1. The Bertz CT molecular complexity index is 984. The number of hydroxylamine groups is 1. The smallest absolute Gasteiger partial charge is 0.342 e. The Morgan fingerprint density at radius 2 is 1.97 bits per heavy atom. The number of phenols is 2. The van der Waals surface area contributed by atoms with Crippen molar-refractivity contribution in [2.24, 2.45) is 0 Å². The maximum atomic E-state index is 12.7. The van der Waals surface area contributed by atoms with E-state index in [-0.39, 0.29) is 47.4 Å². The number of allylic oxidation sites excluding steroid dienone is 1. The molecule has 34 heavy (non-hydrogen) atoms. The fraction of sp³-hybridized carbons (Fsp3) is 0.417. The highest BCUT2D eigenvalue weighted by atomic mass is 35.5. The molecular weight excluding hydrogens is 464 g/mol. The molecule has 2 aliphatic heterocycles. The number of nitrogens with zero attached hydrogens (tertiary/aromatic N) is 1. The molecule has 0 saturated carbocycles. The van der Waals surface area contributed by atoms with Crippen molar-refractivity contribution in [2.75, 3.05) is 26.3 Å². The molecule has 1 aromatic carbocycles. The van der Waals surface area contributed by atoms with Gasteiger partial charge in [-0.25, -0.2) is 4.79 Å². The molecule has 2 aliphatic rings. The van der Waals surface area contributed by atoms with Gasteiger partial charge >= 0.3 is 5.97 Å². The number of benzene rings is 1. The van der Waals surface area contributed by atoms with E-state index in [1.807, 2.05) is 0 Å². The Morgan fingerprint density at radius 3 is 2.74 bits per heavy atom. The molecule has 3 rings (SSSR count). The molecule has 1 amide bonds. The highest BCUT2D eigenvalue weighted by molar-refractivity contribution is 6.34. The van der Waals surface area contributed by atoms with Crippen molar-refractivity contribution in [3.63, 3.8) is 0 Å². The average Bonchev–Trinajstić information content (AvgIpc) is 2.81. The van der Waals surface area contributed by atoms with Crippen LogP contribution in [0.2, 0.25) is 5.02 Å². The van der Waals surface area contributed by atoms with Gasteiger partial charge in [0.25, 0.3) is 5.91 Å². The standard InChI is InChI=1S/C24H29ClN2O7/c25-23-18-13-16(26-34-15-21(31)27-10-3-1-4-11-27)7-6-9-17(28)8-2-5-12-33-24(32)22(18)19(29)14-20(23)30/h2,6-8,13-14,17,26,28-30H,1,3-5,9-12,15H2/b7-6?,8-2?,16-13-. The number of carbonyl (C=O) groups is 2. The van der Waals surface area contributed by atoms with Crippen LogP contribution in [0.25, 0.3) is 6.08 Å². The molecule has 10 heteroatoms. The first kappa shape index (κ1) is 25.6. The lowest BCUT2D eigenvalue weighted by atomic mass is 10.0. The van der Waals surface area contributed by atoms with E-state index in [0.717, 1.165) is 25.3 Å². The molecule has 0 bridgehead atoms. The molecule has 184 valence electrons. The first-order chi connectivity index (χ1) is 16.4. The van der Waals surface area contributed by atoms with E-state index in [4.69, 9.17) is 21.2 Å². The van der Waals surface area contributed by atoms with Crippen molar-refractivity contribution in [3.8, 4) is 11.5 Å². The number of carbonyl (C=O) groups excluding carboxylic acids is 2. The average molecular weight is 493 g/mol. The number of hydrogen-bond acceptors (Lipinski definition) is 8. The number of aliphatic hydroxyl groups excluding tert-OH is 1. The largest absolute Gasteiger partial charge is 0.507 e. The van der Waals surface area contributed by atoms with Gasteiger partial charge < -0.3 is 25.0 Å². The second-order valence-electron chi connectivity index (χ2n) is 8.01. The van der Waals surface area contributed by atoms with Gasteiger partial charge in [0.2, 0.25) is 0 Å². The van der Waals surface area contributed by atoms with Gasteiger partial charge in [-0.15, -0.1) is 0 Å². The number of esters is 1. The molecule has 1 fully saturated rings. The third kappa shape index (κ3) is 6.99. The summed E-state index contributed by atoms with van der Waals surface area (Å²) in [6.45, 7) is 1.19. The van der Waals surface area contributed by atoms with Crippen LogP contribution in [0.3, 0.4) is 0 Å². The van der Waals surface area contributed by atoms with Crippen molar-refractivity contribution in [1.29, 1.82) is 0 Å². The summed E-state index contributed by atoms with van der Waals surface area (Å²) in [5.74, 6) is -1.91. The van der Waals surface area contributed by atoms with E-state index in [0.29, 0.717) is 19.5 Å². The van der Waals surface area contributed by atoms with Crippen molar-refractivity contribution in [1.82, 2.24) is 10.4 Å². The Balaban J connectivity index is 1.88. The highest BCUT2D eigenvalue weighted by Gasteiger charge is 2.23. The summed E-state index contributed by atoms with van der Waals surface area (Å²) in [6, 6.07) is 0.965. The van der Waals surface area contributed by atoms with Crippen LogP contribution in [0.1, 0.15) is 48.0 Å². The van der Waals surface area contributed by atoms with Crippen LogP contribution in [0.4, 0.5) is 0 Å². The van der Waals surface area contributed by atoms with Gasteiger partial charge in [-0.05, 0) is 44.3 Å². The number of piperidine rings is 1. The molecule has 1 saturated heterocycles. The Hall–Kier alpha value is -3.01.